The predicted molar refractivity (Wildman–Crippen MR) is 63.4 cm³/mol. The van der Waals surface area contributed by atoms with Gasteiger partial charge in [-0.15, -0.1) is 0 Å². The molecule has 1 saturated carbocycles. The maximum Gasteiger partial charge on any atom is 0.224 e. The SMILES string of the molecule is Cc1nc(Cl)nc(NCC2CC(O)C2)c1N. The van der Waals surface area contributed by atoms with Gasteiger partial charge in [0.25, 0.3) is 0 Å². The van der Waals surface area contributed by atoms with E-state index < -0.39 is 0 Å². The summed E-state index contributed by atoms with van der Waals surface area (Å²) in [6.45, 7) is 2.55. The summed E-state index contributed by atoms with van der Waals surface area (Å²) in [6, 6.07) is 0. The summed E-state index contributed by atoms with van der Waals surface area (Å²) < 4.78 is 0. The monoisotopic (exact) mass is 242 g/mol. The number of nitrogens with two attached hydrogens (primary N) is 1. The summed E-state index contributed by atoms with van der Waals surface area (Å²) >= 11 is 5.75. The van der Waals surface area contributed by atoms with Crippen LogP contribution < -0.4 is 11.1 Å². The van der Waals surface area contributed by atoms with E-state index in [9.17, 15) is 0 Å². The molecule has 5 nitrogen and oxygen atoms in total. The molecule has 0 aromatic carbocycles. The standard InChI is InChI=1S/C10H15ClN4O/c1-5-8(12)9(15-10(11)14-5)13-4-6-2-7(16)3-6/h6-7,16H,2-4,12H2,1H3,(H,13,14,15). The second-order valence-corrected chi connectivity index (χ2v) is 4.55. The van der Waals surface area contributed by atoms with Gasteiger partial charge in [0.05, 0.1) is 17.5 Å². The van der Waals surface area contributed by atoms with Crippen LogP contribution >= 0.6 is 11.6 Å². The first-order chi connectivity index (χ1) is 7.56. The average molecular weight is 243 g/mol. The third-order valence-corrected chi connectivity index (χ3v) is 3.05. The second kappa shape index (κ2) is 4.43. The number of aliphatic hydroxyl groups excluding tert-OH is 1. The Bertz CT molecular complexity index is 393. The number of anilines is 2. The number of nitrogen functional groups attached to an aromatic ring is 1. The van der Waals surface area contributed by atoms with Crippen LogP contribution in [0.4, 0.5) is 11.5 Å². The molecule has 1 aromatic heterocycles. The molecular weight excluding hydrogens is 228 g/mol. The molecule has 16 heavy (non-hydrogen) atoms. The molecular formula is C10H15ClN4O. The molecule has 1 aliphatic carbocycles. The Morgan fingerprint density at radius 1 is 1.50 bits per heavy atom. The Balaban J connectivity index is 1.98. The largest absolute Gasteiger partial charge is 0.394 e. The van der Waals surface area contributed by atoms with Crippen LogP contribution in [0.5, 0.6) is 0 Å². The van der Waals surface area contributed by atoms with Gasteiger partial charge >= 0.3 is 0 Å². The van der Waals surface area contributed by atoms with Crippen LogP contribution in [0.25, 0.3) is 0 Å². The van der Waals surface area contributed by atoms with E-state index in [0.717, 1.165) is 19.4 Å². The topological polar surface area (TPSA) is 84.1 Å². The summed E-state index contributed by atoms with van der Waals surface area (Å²) in [6.07, 6.45) is 1.54. The van der Waals surface area contributed by atoms with Gasteiger partial charge in [-0.05, 0) is 37.3 Å². The predicted octanol–water partition coefficient (Wildman–Crippen LogP) is 1.20. The van der Waals surface area contributed by atoms with Crippen LogP contribution in [0.3, 0.4) is 0 Å². The fourth-order valence-electron chi connectivity index (χ4n) is 1.79. The van der Waals surface area contributed by atoms with Gasteiger partial charge in [0.15, 0.2) is 5.82 Å². The van der Waals surface area contributed by atoms with E-state index in [1.165, 1.54) is 0 Å². The first-order valence-electron chi connectivity index (χ1n) is 5.28. The molecule has 1 fully saturated rings. The second-order valence-electron chi connectivity index (χ2n) is 4.21. The quantitative estimate of drug-likeness (QED) is 0.694. The Hall–Kier alpha value is -1.07. The molecule has 6 heteroatoms. The smallest absolute Gasteiger partial charge is 0.224 e. The molecule has 0 bridgehead atoms. The number of aliphatic hydroxyl groups is 1. The van der Waals surface area contributed by atoms with Crippen molar-refractivity contribution in [2.24, 2.45) is 5.92 Å². The summed E-state index contributed by atoms with van der Waals surface area (Å²) in [5.74, 6) is 1.07. The maximum absolute atomic E-state index is 9.16. The van der Waals surface area contributed by atoms with Gasteiger partial charge in [0, 0.05) is 6.54 Å². The van der Waals surface area contributed by atoms with Crippen molar-refractivity contribution in [1.29, 1.82) is 0 Å². The number of hydrogen-bond donors (Lipinski definition) is 3. The maximum atomic E-state index is 9.16. The van der Waals surface area contributed by atoms with Crippen LogP contribution in [0, 0.1) is 12.8 Å². The van der Waals surface area contributed by atoms with E-state index in [4.69, 9.17) is 22.4 Å². The van der Waals surface area contributed by atoms with Crippen molar-refractivity contribution in [1.82, 2.24) is 9.97 Å². The van der Waals surface area contributed by atoms with Crippen molar-refractivity contribution in [2.75, 3.05) is 17.6 Å². The number of nitrogens with zero attached hydrogens (tertiary/aromatic N) is 2. The number of hydrogen-bond acceptors (Lipinski definition) is 5. The first-order valence-corrected chi connectivity index (χ1v) is 5.65. The number of nitrogens with one attached hydrogen (secondary N) is 1. The molecule has 0 aliphatic heterocycles. The molecule has 0 unspecified atom stereocenters. The van der Waals surface area contributed by atoms with Crippen LogP contribution in [-0.2, 0) is 0 Å². The highest BCUT2D eigenvalue weighted by Gasteiger charge is 2.26. The Morgan fingerprint density at radius 3 is 2.81 bits per heavy atom. The minimum atomic E-state index is -0.139. The molecule has 88 valence electrons. The molecule has 0 atom stereocenters. The van der Waals surface area contributed by atoms with Crippen LogP contribution in [0.2, 0.25) is 5.28 Å². The van der Waals surface area contributed by atoms with Crippen molar-refractivity contribution < 1.29 is 5.11 Å². The molecule has 0 radical (unpaired) electrons. The molecule has 1 aliphatic rings. The van der Waals surface area contributed by atoms with E-state index in [0.29, 0.717) is 23.1 Å². The molecule has 4 N–H and O–H groups in total. The van der Waals surface area contributed by atoms with E-state index in [1.54, 1.807) is 6.92 Å². The lowest BCUT2D eigenvalue weighted by molar-refractivity contribution is 0.0486. The third kappa shape index (κ3) is 2.36. The van der Waals surface area contributed by atoms with E-state index in [2.05, 4.69) is 15.3 Å². The molecule has 0 spiro atoms. The van der Waals surface area contributed by atoms with Gasteiger partial charge in [-0.3, -0.25) is 0 Å². The number of aryl methyl sites for hydroxylation is 1. The number of aromatic nitrogens is 2. The minimum absolute atomic E-state index is 0.139. The van der Waals surface area contributed by atoms with Crippen LogP contribution in [0.15, 0.2) is 0 Å². The third-order valence-electron chi connectivity index (χ3n) is 2.88. The van der Waals surface area contributed by atoms with Gasteiger partial charge in [-0.25, -0.2) is 4.98 Å². The fourth-order valence-corrected chi connectivity index (χ4v) is 2.00. The van der Waals surface area contributed by atoms with Crippen molar-refractivity contribution in [3.05, 3.63) is 11.0 Å². The summed E-state index contributed by atoms with van der Waals surface area (Å²) in [7, 11) is 0. The van der Waals surface area contributed by atoms with Crippen molar-refractivity contribution in [3.8, 4) is 0 Å². The lowest BCUT2D eigenvalue weighted by Crippen LogP contribution is -2.33. The van der Waals surface area contributed by atoms with Gasteiger partial charge in [0.1, 0.15) is 0 Å². The van der Waals surface area contributed by atoms with E-state index in [-0.39, 0.29) is 11.4 Å². The van der Waals surface area contributed by atoms with Gasteiger partial charge in [0.2, 0.25) is 5.28 Å². The number of rotatable bonds is 3. The highest BCUT2D eigenvalue weighted by molar-refractivity contribution is 6.28. The van der Waals surface area contributed by atoms with Gasteiger partial charge in [-0.1, -0.05) is 0 Å². The Labute approximate surface area is 99.0 Å². The highest BCUT2D eigenvalue weighted by atomic mass is 35.5. The Morgan fingerprint density at radius 2 is 2.19 bits per heavy atom. The molecule has 0 amide bonds. The zero-order valence-electron chi connectivity index (χ0n) is 9.07. The number of halogens is 1. The average Bonchev–Trinajstić information content (AvgIpc) is 2.17. The highest BCUT2D eigenvalue weighted by Crippen LogP contribution is 2.28. The first kappa shape index (κ1) is 11.4. The summed E-state index contributed by atoms with van der Waals surface area (Å²) in [5, 5.41) is 12.5. The lowest BCUT2D eigenvalue weighted by atomic mass is 9.82. The molecule has 2 rings (SSSR count). The van der Waals surface area contributed by atoms with Crippen LogP contribution in [0.1, 0.15) is 18.5 Å². The minimum Gasteiger partial charge on any atom is -0.394 e. The molecule has 1 heterocycles. The van der Waals surface area contributed by atoms with E-state index >= 15 is 0 Å². The zero-order chi connectivity index (χ0) is 11.7. The normalized spacial score (nSPS) is 23.9. The summed E-state index contributed by atoms with van der Waals surface area (Å²) in [5.41, 5.74) is 7.04. The van der Waals surface area contributed by atoms with Crippen molar-refractivity contribution in [2.45, 2.75) is 25.9 Å². The summed E-state index contributed by atoms with van der Waals surface area (Å²) in [4.78, 5) is 8.00. The Kier molecular flexibility index (Phi) is 3.16. The van der Waals surface area contributed by atoms with E-state index in [1.807, 2.05) is 0 Å². The van der Waals surface area contributed by atoms with Gasteiger partial charge in [-0.2, -0.15) is 4.98 Å². The zero-order valence-corrected chi connectivity index (χ0v) is 9.83. The van der Waals surface area contributed by atoms with Crippen molar-refractivity contribution in [3.63, 3.8) is 0 Å². The fraction of sp³-hybridized carbons (Fsp3) is 0.600. The van der Waals surface area contributed by atoms with Crippen molar-refractivity contribution >= 4 is 23.1 Å². The molecule has 0 saturated heterocycles. The van der Waals surface area contributed by atoms with Crippen LogP contribution in [-0.4, -0.2) is 27.7 Å². The van der Waals surface area contributed by atoms with Gasteiger partial charge < -0.3 is 16.2 Å². The lowest BCUT2D eigenvalue weighted by Gasteiger charge is -2.31. The molecule has 1 aromatic rings.